The third-order valence-corrected chi connectivity index (χ3v) is 4.25. The monoisotopic (exact) mass is 325 g/mol. The van der Waals surface area contributed by atoms with Crippen LogP contribution in [-0.4, -0.2) is 56.1 Å². The summed E-state index contributed by atoms with van der Waals surface area (Å²) < 4.78 is 1.17. The van der Waals surface area contributed by atoms with Gasteiger partial charge in [0.1, 0.15) is 0 Å². The van der Waals surface area contributed by atoms with E-state index in [1.807, 2.05) is 0 Å². The minimum Gasteiger partial charge on any atom is -0.314 e. The molecule has 0 aromatic heterocycles. The van der Waals surface area contributed by atoms with E-state index in [-0.39, 0.29) is 0 Å². The molecule has 0 atom stereocenters. The van der Waals surface area contributed by atoms with Crippen molar-refractivity contribution in [1.82, 2.24) is 15.1 Å². The molecule has 0 unspecified atom stereocenters. The van der Waals surface area contributed by atoms with Gasteiger partial charge in [-0.25, -0.2) is 0 Å². The molecule has 1 aromatic rings. The van der Waals surface area contributed by atoms with E-state index in [0.29, 0.717) is 0 Å². The second-order valence-electron chi connectivity index (χ2n) is 5.40. The third kappa shape index (κ3) is 4.88. The van der Waals surface area contributed by atoms with Crippen molar-refractivity contribution in [1.29, 1.82) is 0 Å². The molecule has 1 aromatic carbocycles. The Kier molecular flexibility index (Phi) is 5.82. The summed E-state index contributed by atoms with van der Waals surface area (Å²) in [5.74, 6) is 0. The molecule has 0 saturated carbocycles. The zero-order valence-corrected chi connectivity index (χ0v) is 13.5. The van der Waals surface area contributed by atoms with E-state index in [2.05, 4.69) is 63.2 Å². The van der Waals surface area contributed by atoms with Crippen LogP contribution in [0.1, 0.15) is 11.1 Å². The smallest absolute Gasteiger partial charge is 0.0234 e. The van der Waals surface area contributed by atoms with Gasteiger partial charge in [0.05, 0.1) is 0 Å². The Morgan fingerprint density at radius 1 is 1.32 bits per heavy atom. The number of piperazine rings is 1. The molecule has 0 spiro atoms. The van der Waals surface area contributed by atoms with Gasteiger partial charge in [-0.05, 0) is 37.2 Å². The van der Waals surface area contributed by atoms with Crippen LogP contribution in [0, 0.1) is 6.92 Å². The fraction of sp³-hybridized carbons (Fsp3) is 0.600. The molecule has 1 fully saturated rings. The van der Waals surface area contributed by atoms with Gasteiger partial charge < -0.3 is 10.2 Å². The van der Waals surface area contributed by atoms with Crippen LogP contribution >= 0.6 is 15.9 Å². The van der Waals surface area contributed by atoms with Crippen LogP contribution in [0.3, 0.4) is 0 Å². The maximum atomic E-state index is 3.55. The van der Waals surface area contributed by atoms with Crippen molar-refractivity contribution in [2.24, 2.45) is 0 Å². The Morgan fingerprint density at radius 3 is 2.79 bits per heavy atom. The normalized spacial score (nSPS) is 17.1. The lowest BCUT2D eigenvalue weighted by molar-refractivity contribution is 0.202. The Labute approximate surface area is 125 Å². The molecule has 1 aliphatic rings. The number of hydrogen-bond donors (Lipinski definition) is 1. The topological polar surface area (TPSA) is 18.5 Å². The molecule has 1 heterocycles. The summed E-state index contributed by atoms with van der Waals surface area (Å²) in [6.45, 7) is 10.1. The van der Waals surface area contributed by atoms with Crippen molar-refractivity contribution >= 4 is 15.9 Å². The number of hydrogen-bond acceptors (Lipinski definition) is 3. The van der Waals surface area contributed by atoms with Gasteiger partial charge in [0, 0.05) is 50.3 Å². The van der Waals surface area contributed by atoms with Gasteiger partial charge in [-0.3, -0.25) is 4.90 Å². The first kappa shape index (κ1) is 15.0. The van der Waals surface area contributed by atoms with Crippen molar-refractivity contribution in [2.75, 3.05) is 46.3 Å². The van der Waals surface area contributed by atoms with Crippen molar-refractivity contribution in [2.45, 2.75) is 13.5 Å². The number of nitrogens with one attached hydrogen (secondary N) is 1. The lowest BCUT2D eigenvalue weighted by Gasteiger charge is -2.29. The number of rotatable bonds is 5. The van der Waals surface area contributed by atoms with Crippen molar-refractivity contribution in [3.8, 4) is 0 Å². The molecular formula is C15H24BrN3. The van der Waals surface area contributed by atoms with Crippen LogP contribution in [0.4, 0.5) is 0 Å². The Bertz CT molecular complexity index is 402. The summed E-state index contributed by atoms with van der Waals surface area (Å²) >= 11 is 3.55. The molecule has 0 amide bonds. The van der Waals surface area contributed by atoms with Gasteiger partial charge in [0.15, 0.2) is 0 Å². The van der Waals surface area contributed by atoms with Crippen LogP contribution in [-0.2, 0) is 6.54 Å². The summed E-state index contributed by atoms with van der Waals surface area (Å²) in [7, 11) is 2.21. The summed E-state index contributed by atoms with van der Waals surface area (Å²) in [6.07, 6.45) is 0. The van der Waals surface area contributed by atoms with E-state index in [0.717, 1.165) is 26.2 Å². The molecule has 0 aliphatic carbocycles. The quantitative estimate of drug-likeness (QED) is 0.894. The van der Waals surface area contributed by atoms with Gasteiger partial charge in [-0.1, -0.05) is 22.0 Å². The van der Waals surface area contributed by atoms with E-state index < -0.39 is 0 Å². The molecule has 1 saturated heterocycles. The van der Waals surface area contributed by atoms with Gasteiger partial charge in [-0.2, -0.15) is 0 Å². The van der Waals surface area contributed by atoms with Crippen molar-refractivity contribution in [3.63, 3.8) is 0 Å². The third-order valence-electron chi connectivity index (χ3n) is 3.76. The minimum atomic E-state index is 1.03. The fourth-order valence-electron chi connectivity index (χ4n) is 2.43. The maximum absolute atomic E-state index is 3.55. The van der Waals surface area contributed by atoms with E-state index in [1.54, 1.807) is 0 Å². The predicted molar refractivity (Wildman–Crippen MR) is 84.5 cm³/mol. The number of benzene rings is 1. The highest BCUT2D eigenvalue weighted by atomic mass is 79.9. The first-order valence-electron chi connectivity index (χ1n) is 7.02. The van der Waals surface area contributed by atoms with Gasteiger partial charge >= 0.3 is 0 Å². The molecule has 0 bridgehead atoms. The van der Waals surface area contributed by atoms with Gasteiger partial charge in [0.25, 0.3) is 0 Å². The van der Waals surface area contributed by atoms with E-state index in [1.165, 1.54) is 35.2 Å². The number of aryl methyl sites for hydroxylation is 1. The molecule has 1 aliphatic heterocycles. The second kappa shape index (κ2) is 7.39. The first-order chi connectivity index (χ1) is 9.15. The van der Waals surface area contributed by atoms with E-state index >= 15 is 0 Å². The molecule has 106 valence electrons. The number of nitrogens with zero attached hydrogens (tertiary/aromatic N) is 2. The van der Waals surface area contributed by atoms with E-state index in [9.17, 15) is 0 Å². The average molecular weight is 326 g/mol. The SMILES string of the molecule is Cc1ccc(Br)cc1CN(C)CCN1CCNCC1. The molecule has 4 heteroatoms. The highest BCUT2D eigenvalue weighted by Crippen LogP contribution is 2.17. The van der Waals surface area contributed by atoms with E-state index in [4.69, 9.17) is 0 Å². The Morgan fingerprint density at radius 2 is 2.05 bits per heavy atom. The van der Waals surface area contributed by atoms with Crippen molar-refractivity contribution < 1.29 is 0 Å². The molecule has 2 rings (SSSR count). The summed E-state index contributed by atoms with van der Waals surface area (Å²) in [5.41, 5.74) is 2.79. The predicted octanol–water partition coefficient (Wildman–Crippen LogP) is 2.09. The maximum Gasteiger partial charge on any atom is 0.0234 e. The molecule has 0 radical (unpaired) electrons. The molecule has 3 nitrogen and oxygen atoms in total. The molecule has 19 heavy (non-hydrogen) atoms. The lowest BCUT2D eigenvalue weighted by atomic mass is 10.1. The number of halogens is 1. The van der Waals surface area contributed by atoms with Gasteiger partial charge in [-0.15, -0.1) is 0 Å². The number of likely N-dealkylation sites (N-methyl/N-ethyl adjacent to an activating group) is 1. The summed E-state index contributed by atoms with van der Waals surface area (Å²) in [4.78, 5) is 4.96. The Hall–Kier alpha value is -0.420. The zero-order chi connectivity index (χ0) is 13.7. The van der Waals surface area contributed by atoms with Crippen molar-refractivity contribution in [3.05, 3.63) is 33.8 Å². The minimum absolute atomic E-state index is 1.03. The molecular weight excluding hydrogens is 302 g/mol. The van der Waals surface area contributed by atoms with Crippen LogP contribution in [0.15, 0.2) is 22.7 Å². The standard InChI is InChI=1S/C15H24BrN3/c1-13-3-4-15(16)11-14(13)12-18(2)9-10-19-7-5-17-6-8-19/h3-4,11,17H,5-10,12H2,1-2H3. The lowest BCUT2D eigenvalue weighted by Crippen LogP contribution is -2.45. The second-order valence-corrected chi connectivity index (χ2v) is 6.32. The highest BCUT2D eigenvalue weighted by Gasteiger charge is 2.10. The molecule has 1 N–H and O–H groups in total. The largest absolute Gasteiger partial charge is 0.314 e. The Balaban J connectivity index is 1.80. The first-order valence-corrected chi connectivity index (χ1v) is 7.81. The van der Waals surface area contributed by atoms with Crippen LogP contribution < -0.4 is 5.32 Å². The fourth-order valence-corrected chi connectivity index (χ4v) is 2.84. The summed E-state index contributed by atoms with van der Waals surface area (Å²) in [5, 5.41) is 3.40. The van der Waals surface area contributed by atoms with Crippen LogP contribution in [0.25, 0.3) is 0 Å². The highest BCUT2D eigenvalue weighted by molar-refractivity contribution is 9.10. The van der Waals surface area contributed by atoms with Gasteiger partial charge in [0.2, 0.25) is 0 Å². The van der Waals surface area contributed by atoms with Crippen LogP contribution in [0.5, 0.6) is 0 Å². The van der Waals surface area contributed by atoms with Crippen LogP contribution in [0.2, 0.25) is 0 Å². The summed E-state index contributed by atoms with van der Waals surface area (Å²) in [6, 6.07) is 6.53. The average Bonchev–Trinajstić information content (AvgIpc) is 2.42. The zero-order valence-electron chi connectivity index (χ0n) is 12.0.